The van der Waals surface area contributed by atoms with Crippen LogP contribution in [0.5, 0.6) is 17.2 Å². The first-order valence-corrected chi connectivity index (χ1v) is 11.3. The number of hydrogen-bond acceptors (Lipinski definition) is 5. The van der Waals surface area contributed by atoms with Gasteiger partial charge in [0.05, 0.1) is 17.6 Å². The van der Waals surface area contributed by atoms with E-state index in [9.17, 15) is 23.1 Å². The van der Waals surface area contributed by atoms with Gasteiger partial charge in [-0.2, -0.15) is 13.2 Å². The normalized spacial score (nSPS) is 11.5. The summed E-state index contributed by atoms with van der Waals surface area (Å²) in [6.45, 7) is 3.83. The van der Waals surface area contributed by atoms with Crippen LogP contribution in [0, 0.1) is 6.92 Å². The number of anilines is 1. The molecule has 0 bridgehead atoms. The fourth-order valence-electron chi connectivity index (χ4n) is 3.81. The fraction of sp³-hybridized carbons (Fsp3) is 0.231. The standard InChI is InChI=1S/C26H25F3N4O3/c1-3-30-25(35)19-9-8-17(12-16(19)2)33-15-32-24-20(31-11-10-26(27,28)29)13-18(14-21(24)33)36-23-7-5-4-6-22(23)34/h4-9,12-15,31,34H,3,10-11H2,1-2H3,(H,30,35). The maximum absolute atomic E-state index is 12.7. The van der Waals surface area contributed by atoms with Crippen LogP contribution in [0.25, 0.3) is 16.7 Å². The second-order valence-corrected chi connectivity index (χ2v) is 8.17. The van der Waals surface area contributed by atoms with Crippen LogP contribution in [0.4, 0.5) is 18.9 Å². The average Bonchev–Trinajstić information content (AvgIpc) is 3.24. The van der Waals surface area contributed by atoms with Gasteiger partial charge in [-0.05, 0) is 49.7 Å². The van der Waals surface area contributed by atoms with Crippen LogP contribution in [0.3, 0.4) is 0 Å². The minimum Gasteiger partial charge on any atom is -0.504 e. The Morgan fingerprint density at radius 2 is 1.92 bits per heavy atom. The topological polar surface area (TPSA) is 88.4 Å². The van der Waals surface area contributed by atoms with Gasteiger partial charge in [0.15, 0.2) is 11.5 Å². The van der Waals surface area contributed by atoms with Crippen LogP contribution < -0.4 is 15.4 Å². The van der Waals surface area contributed by atoms with Gasteiger partial charge in [-0.1, -0.05) is 12.1 Å². The first-order chi connectivity index (χ1) is 17.2. The molecule has 0 fully saturated rings. The summed E-state index contributed by atoms with van der Waals surface area (Å²) in [7, 11) is 0. The van der Waals surface area contributed by atoms with E-state index in [0.717, 1.165) is 5.56 Å². The number of nitrogens with one attached hydrogen (secondary N) is 2. The summed E-state index contributed by atoms with van der Waals surface area (Å²) in [5.74, 6) is 0.253. The highest BCUT2D eigenvalue weighted by molar-refractivity contribution is 5.96. The Morgan fingerprint density at radius 1 is 1.14 bits per heavy atom. The summed E-state index contributed by atoms with van der Waals surface area (Å²) < 4.78 is 45.9. The number of amides is 1. The molecule has 4 aromatic rings. The molecule has 36 heavy (non-hydrogen) atoms. The lowest BCUT2D eigenvalue weighted by Gasteiger charge is -2.14. The van der Waals surface area contributed by atoms with E-state index < -0.39 is 12.6 Å². The Morgan fingerprint density at radius 3 is 2.61 bits per heavy atom. The summed E-state index contributed by atoms with van der Waals surface area (Å²) in [6.07, 6.45) is -3.76. The van der Waals surface area contributed by atoms with Crippen LogP contribution >= 0.6 is 0 Å². The molecule has 0 unspecified atom stereocenters. The minimum atomic E-state index is -4.31. The van der Waals surface area contributed by atoms with E-state index in [-0.39, 0.29) is 24.0 Å². The number of nitrogens with zero attached hydrogens (tertiary/aromatic N) is 2. The van der Waals surface area contributed by atoms with E-state index in [1.165, 1.54) is 6.07 Å². The van der Waals surface area contributed by atoms with Gasteiger partial charge in [-0.25, -0.2) is 4.98 Å². The number of benzene rings is 3. The maximum atomic E-state index is 12.7. The second-order valence-electron chi connectivity index (χ2n) is 8.17. The van der Waals surface area contributed by atoms with Gasteiger partial charge >= 0.3 is 6.18 Å². The minimum absolute atomic E-state index is 0.0748. The van der Waals surface area contributed by atoms with Crippen LogP contribution in [0.15, 0.2) is 60.9 Å². The molecule has 188 valence electrons. The van der Waals surface area contributed by atoms with Gasteiger partial charge in [0, 0.05) is 36.5 Å². The Balaban J connectivity index is 1.76. The SMILES string of the molecule is CCNC(=O)c1ccc(-n2cnc3c(NCCC(F)(F)F)cc(Oc4ccccc4O)cc32)cc1C. The molecule has 3 N–H and O–H groups in total. The lowest BCUT2D eigenvalue weighted by atomic mass is 10.1. The van der Waals surface area contributed by atoms with E-state index >= 15 is 0 Å². The molecule has 1 aromatic heterocycles. The number of aromatic hydroxyl groups is 1. The molecule has 0 aliphatic carbocycles. The highest BCUT2D eigenvalue weighted by Gasteiger charge is 2.26. The molecule has 0 aliphatic rings. The number of carbonyl (C=O) groups excluding carboxylic acids is 1. The third-order valence-electron chi connectivity index (χ3n) is 5.51. The second kappa shape index (κ2) is 10.2. The van der Waals surface area contributed by atoms with Crippen molar-refractivity contribution in [2.45, 2.75) is 26.4 Å². The molecule has 0 saturated heterocycles. The Labute approximate surface area is 205 Å². The van der Waals surface area contributed by atoms with Crippen molar-refractivity contribution in [3.05, 3.63) is 72.1 Å². The van der Waals surface area contributed by atoms with Crippen molar-refractivity contribution in [2.24, 2.45) is 0 Å². The van der Waals surface area contributed by atoms with Crippen molar-refractivity contribution >= 4 is 22.6 Å². The van der Waals surface area contributed by atoms with E-state index in [1.54, 1.807) is 53.4 Å². The summed E-state index contributed by atoms with van der Waals surface area (Å²) >= 11 is 0. The van der Waals surface area contributed by atoms with Crippen LogP contribution in [0.2, 0.25) is 0 Å². The molecular weight excluding hydrogens is 473 g/mol. The molecule has 7 nitrogen and oxygen atoms in total. The summed E-state index contributed by atoms with van der Waals surface area (Å²) in [5, 5.41) is 15.7. The van der Waals surface area contributed by atoms with Crippen LogP contribution in [-0.2, 0) is 0 Å². The maximum Gasteiger partial charge on any atom is 0.390 e. The fourth-order valence-corrected chi connectivity index (χ4v) is 3.81. The first kappa shape index (κ1) is 24.9. The smallest absolute Gasteiger partial charge is 0.390 e. The quantitative estimate of drug-likeness (QED) is 0.280. The number of alkyl halides is 3. The molecule has 0 spiro atoms. The lowest BCUT2D eigenvalue weighted by Crippen LogP contribution is -2.23. The molecule has 10 heteroatoms. The molecule has 1 amide bonds. The van der Waals surface area contributed by atoms with Gasteiger partial charge < -0.3 is 20.5 Å². The number of phenols is 1. The number of hydrogen-bond donors (Lipinski definition) is 3. The van der Waals surface area contributed by atoms with Crippen molar-refractivity contribution in [3.63, 3.8) is 0 Å². The van der Waals surface area contributed by atoms with Crippen molar-refractivity contribution in [2.75, 3.05) is 18.4 Å². The lowest BCUT2D eigenvalue weighted by molar-refractivity contribution is -0.131. The number of aromatic nitrogens is 2. The number of para-hydroxylation sites is 2. The Bertz CT molecular complexity index is 1400. The van der Waals surface area contributed by atoms with E-state index in [4.69, 9.17) is 4.74 Å². The predicted octanol–water partition coefficient (Wildman–Crippen LogP) is 5.95. The van der Waals surface area contributed by atoms with Gasteiger partial charge in [-0.3, -0.25) is 9.36 Å². The average molecular weight is 499 g/mol. The van der Waals surface area contributed by atoms with E-state index in [1.807, 2.05) is 19.9 Å². The largest absolute Gasteiger partial charge is 0.504 e. The van der Waals surface area contributed by atoms with Crippen molar-refractivity contribution in [1.82, 2.24) is 14.9 Å². The first-order valence-electron chi connectivity index (χ1n) is 11.3. The van der Waals surface area contributed by atoms with Gasteiger partial charge in [0.25, 0.3) is 5.91 Å². The third kappa shape index (κ3) is 5.54. The molecule has 0 saturated carbocycles. The van der Waals surface area contributed by atoms with Gasteiger partial charge in [-0.15, -0.1) is 0 Å². The number of ether oxygens (including phenoxy) is 1. The van der Waals surface area contributed by atoms with E-state index in [0.29, 0.717) is 40.3 Å². The monoisotopic (exact) mass is 498 g/mol. The molecule has 0 aliphatic heterocycles. The van der Waals surface area contributed by atoms with Gasteiger partial charge in [0.2, 0.25) is 0 Å². The zero-order valence-electron chi connectivity index (χ0n) is 19.7. The Hall–Kier alpha value is -4.21. The number of rotatable bonds is 8. The van der Waals surface area contributed by atoms with Crippen molar-refractivity contribution < 1.29 is 27.8 Å². The number of imidazole rings is 1. The summed E-state index contributed by atoms with van der Waals surface area (Å²) in [4.78, 5) is 16.7. The highest BCUT2D eigenvalue weighted by atomic mass is 19.4. The van der Waals surface area contributed by atoms with Crippen molar-refractivity contribution in [1.29, 1.82) is 0 Å². The van der Waals surface area contributed by atoms with Crippen LogP contribution in [0.1, 0.15) is 29.3 Å². The predicted molar refractivity (Wildman–Crippen MR) is 131 cm³/mol. The number of phenolic OH excluding ortho intramolecular Hbond substituents is 1. The zero-order valence-corrected chi connectivity index (χ0v) is 19.7. The number of aryl methyl sites for hydroxylation is 1. The molecule has 0 radical (unpaired) electrons. The molecule has 0 atom stereocenters. The summed E-state index contributed by atoms with van der Waals surface area (Å²) in [6, 6.07) is 15.0. The van der Waals surface area contributed by atoms with Crippen molar-refractivity contribution in [3.8, 4) is 22.9 Å². The van der Waals surface area contributed by atoms with E-state index in [2.05, 4.69) is 15.6 Å². The third-order valence-corrected chi connectivity index (χ3v) is 5.51. The molecule has 3 aromatic carbocycles. The zero-order chi connectivity index (χ0) is 25.9. The molecule has 1 heterocycles. The highest BCUT2D eigenvalue weighted by Crippen LogP contribution is 2.36. The van der Waals surface area contributed by atoms with Gasteiger partial charge in [0.1, 0.15) is 17.6 Å². The molecular formula is C26H25F3N4O3. The number of carbonyl (C=O) groups is 1. The number of halogens is 3. The summed E-state index contributed by atoms with van der Waals surface area (Å²) in [5.41, 5.74) is 3.39. The molecule has 4 rings (SSSR count). The number of fused-ring (bicyclic) bond motifs is 1. The van der Waals surface area contributed by atoms with Crippen LogP contribution in [-0.4, -0.2) is 39.8 Å². The Kier molecular flexibility index (Phi) is 7.05.